The largest absolute Gasteiger partial charge is 0.497 e. The summed E-state index contributed by atoms with van der Waals surface area (Å²) in [6, 6.07) is 7.37. The smallest absolute Gasteiger partial charge is 0.149 e. The standard InChI is InChI=1S/C25H32FN3O2S2/c1-31-20-4-6-24-22(15-20)21(7-9-27-24)23(26)5-3-18-8-12-29(16-19(18)17-30)11-2-13-32-25-28-10-14-33-25/h4,6-7,9-10,14-15,18-19,23,30H,2-3,5,8,11-13,16-17H2,1H3/t18-,19-,23-/m1/s1. The van der Waals surface area contributed by atoms with Crippen molar-refractivity contribution in [2.45, 2.75) is 36.2 Å². The van der Waals surface area contributed by atoms with Gasteiger partial charge >= 0.3 is 0 Å². The van der Waals surface area contributed by atoms with Gasteiger partial charge < -0.3 is 14.7 Å². The molecule has 5 nitrogen and oxygen atoms in total. The first-order valence-electron chi connectivity index (χ1n) is 11.6. The average molecular weight is 490 g/mol. The van der Waals surface area contributed by atoms with E-state index in [0.29, 0.717) is 23.7 Å². The van der Waals surface area contributed by atoms with E-state index in [4.69, 9.17) is 4.74 Å². The minimum Gasteiger partial charge on any atom is -0.497 e. The first-order chi connectivity index (χ1) is 16.2. The number of likely N-dealkylation sites (tertiary alicyclic amines) is 1. The number of methoxy groups -OCH3 is 1. The molecule has 4 rings (SSSR count). The molecule has 1 N–H and O–H groups in total. The van der Waals surface area contributed by atoms with Crippen LogP contribution in [0.1, 0.15) is 37.4 Å². The van der Waals surface area contributed by atoms with Crippen molar-refractivity contribution in [3.8, 4) is 5.75 Å². The van der Waals surface area contributed by atoms with E-state index in [0.717, 1.165) is 59.9 Å². The Labute approximate surface area is 203 Å². The first kappa shape index (κ1) is 24.4. The van der Waals surface area contributed by atoms with Gasteiger partial charge in [-0.15, -0.1) is 11.3 Å². The summed E-state index contributed by atoms with van der Waals surface area (Å²) < 4.78 is 21.8. The molecule has 3 heterocycles. The molecule has 0 bridgehead atoms. The molecule has 0 amide bonds. The number of nitrogens with zero attached hydrogens (tertiary/aromatic N) is 3. The molecule has 1 saturated heterocycles. The maximum Gasteiger partial charge on any atom is 0.149 e. The first-order valence-corrected chi connectivity index (χ1v) is 13.5. The van der Waals surface area contributed by atoms with Crippen LogP contribution in [0.3, 0.4) is 0 Å². The Balaban J connectivity index is 1.27. The van der Waals surface area contributed by atoms with Crippen LogP contribution in [-0.4, -0.2) is 59.1 Å². The summed E-state index contributed by atoms with van der Waals surface area (Å²) in [5.41, 5.74) is 1.46. The molecule has 178 valence electrons. The van der Waals surface area contributed by atoms with Crippen LogP contribution >= 0.6 is 23.1 Å². The van der Waals surface area contributed by atoms with E-state index in [1.165, 1.54) is 0 Å². The van der Waals surface area contributed by atoms with Crippen molar-refractivity contribution in [3.05, 3.63) is 47.6 Å². The number of thiazole rings is 1. The van der Waals surface area contributed by atoms with Crippen molar-refractivity contribution in [2.75, 3.05) is 39.1 Å². The lowest BCUT2D eigenvalue weighted by molar-refractivity contribution is 0.0640. The summed E-state index contributed by atoms with van der Waals surface area (Å²) in [5.74, 6) is 2.34. The summed E-state index contributed by atoms with van der Waals surface area (Å²) >= 11 is 3.50. The predicted molar refractivity (Wildman–Crippen MR) is 134 cm³/mol. The lowest BCUT2D eigenvalue weighted by Crippen LogP contribution is -2.42. The lowest BCUT2D eigenvalue weighted by Gasteiger charge is -2.38. The van der Waals surface area contributed by atoms with Gasteiger partial charge in [0.2, 0.25) is 0 Å². The Morgan fingerprint density at radius 3 is 2.97 bits per heavy atom. The second kappa shape index (κ2) is 12.1. The lowest BCUT2D eigenvalue weighted by atomic mass is 9.81. The number of hydrogen-bond acceptors (Lipinski definition) is 7. The van der Waals surface area contributed by atoms with Crippen molar-refractivity contribution >= 4 is 34.0 Å². The number of ether oxygens (including phenoxy) is 1. The normalized spacial score (nSPS) is 20.2. The Morgan fingerprint density at radius 1 is 1.27 bits per heavy atom. The number of thioether (sulfide) groups is 1. The van der Waals surface area contributed by atoms with Crippen LogP contribution in [0.4, 0.5) is 4.39 Å². The van der Waals surface area contributed by atoms with Crippen LogP contribution in [-0.2, 0) is 0 Å². The fourth-order valence-corrected chi connectivity index (χ4v) is 6.37. The molecule has 33 heavy (non-hydrogen) atoms. The summed E-state index contributed by atoms with van der Waals surface area (Å²) in [4.78, 5) is 11.1. The average Bonchev–Trinajstić information content (AvgIpc) is 3.38. The summed E-state index contributed by atoms with van der Waals surface area (Å²) in [7, 11) is 1.62. The number of halogens is 1. The van der Waals surface area contributed by atoms with Gasteiger partial charge in [-0.3, -0.25) is 4.98 Å². The van der Waals surface area contributed by atoms with Gasteiger partial charge in [-0.25, -0.2) is 9.37 Å². The van der Waals surface area contributed by atoms with Crippen LogP contribution in [0.15, 0.2) is 46.4 Å². The Hall–Kier alpha value is -1.74. The van der Waals surface area contributed by atoms with Gasteiger partial charge in [-0.2, -0.15) is 0 Å². The van der Waals surface area contributed by atoms with E-state index in [2.05, 4.69) is 14.9 Å². The van der Waals surface area contributed by atoms with Crippen LogP contribution in [0.25, 0.3) is 10.9 Å². The zero-order valence-corrected chi connectivity index (χ0v) is 20.7. The number of pyridine rings is 1. The molecule has 1 aromatic carbocycles. The summed E-state index contributed by atoms with van der Waals surface area (Å²) in [6.07, 6.45) is 5.84. The fourth-order valence-electron chi connectivity index (χ4n) is 4.74. The topological polar surface area (TPSA) is 58.5 Å². The number of hydrogen-bond donors (Lipinski definition) is 1. The van der Waals surface area contributed by atoms with E-state index in [9.17, 15) is 5.11 Å². The van der Waals surface area contributed by atoms with Gasteiger partial charge in [-0.05, 0) is 80.4 Å². The molecule has 1 fully saturated rings. The zero-order valence-electron chi connectivity index (χ0n) is 19.0. The van der Waals surface area contributed by atoms with Gasteiger partial charge in [0.15, 0.2) is 0 Å². The third-order valence-electron chi connectivity index (χ3n) is 6.57. The van der Waals surface area contributed by atoms with Crippen molar-refractivity contribution in [2.24, 2.45) is 11.8 Å². The minimum absolute atomic E-state index is 0.168. The molecule has 1 aliphatic heterocycles. The maximum atomic E-state index is 15.3. The third kappa shape index (κ3) is 6.44. The number of piperidine rings is 1. The van der Waals surface area contributed by atoms with E-state index in [1.807, 2.05) is 41.5 Å². The molecule has 0 unspecified atom stereocenters. The molecule has 8 heteroatoms. The molecule has 3 aromatic rings. The minimum atomic E-state index is -1.05. The number of alkyl halides is 1. The van der Waals surface area contributed by atoms with Crippen LogP contribution in [0.2, 0.25) is 0 Å². The monoisotopic (exact) mass is 489 g/mol. The zero-order chi connectivity index (χ0) is 23.0. The number of rotatable bonds is 11. The van der Waals surface area contributed by atoms with Crippen LogP contribution in [0, 0.1) is 11.8 Å². The van der Waals surface area contributed by atoms with Crippen molar-refractivity contribution in [3.63, 3.8) is 0 Å². The second-order valence-electron chi connectivity index (χ2n) is 8.62. The molecular formula is C25H32FN3O2S2. The second-order valence-corrected chi connectivity index (χ2v) is 10.9. The van der Waals surface area contributed by atoms with E-state index < -0.39 is 6.17 Å². The Bertz CT molecular complexity index is 1000. The molecule has 0 aliphatic carbocycles. The van der Waals surface area contributed by atoms with Crippen LogP contribution in [0.5, 0.6) is 5.75 Å². The Kier molecular flexibility index (Phi) is 8.95. The molecule has 1 aliphatic rings. The highest BCUT2D eigenvalue weighted by atomic mass is 32.2. The van der Waals surface area contributed by atoms with E-state index >= 15 is 4.39 Å². The molecule has 0 spiro atoms. The molecule has 0 saturated carbocycles. The SMILES string of the molecule is COc1ccc2nccc([C@H](F)CC[C@@H]3CCN(CCCSc4nccs4)C[C@@H]3CO)c2c1. The Morgan fingerprint density at radius 2 is 2.18 bits per heavy atom. The molecule has 2 aromatic heterocycles. The number of benzene rings is 1. The van der Waals surface area contributed by atoms with Crippen LogP contribution < -0.4 is 4.74 Å². The van der Waals surface area contributed by atoms with Gasteiger partial charge in [0, 0.05) is 42.1 Å². The molecule has 3 atom stereocenters. The maximum absolute atomic E-state index is 15.3. The van der Waals surface area contributed by atoms with Crippen molar-refractivity contribution < 1.29 is 14.2 Å². The van der Waals surface area contributed by atoms with Gasteiger partial charge in [0.1, 0.15) is 16.3 Å². The fraction of sp³-hybridized carbons (Fsp3) is 0.520. The van der Waals surface area contributed by atoms with Gasteiger partial charge in [-0.1, -0.05) is 11.8 Å². The highest BCUT2D eigenvalue weighted by Gasteiger charge is 2.29. The highest BCUT2D eigenvalue weighted by Crippen LogP contribution is 2.35. The number of aromatic nitrogens is 2. The molecule has 0 radical (unpaired) electrons. The van der Waals surface area contributed by atoms with Gasteiger partial charge in [0.25, 0.3) is 0 Å². The van der Waals surface area contributed by atoms with E-state index in [1.54, 1.807) is 30.7 Å². The van der Waals surface area contributed by atoms with E-state index in [-0.39, 0.29) is 12.5 Å². The number of fused-ring (bicyclic) bond motifs is 1. The number of aliphatic hydroxyl groups excluding tert-OH is 1. The van der Waals surface area contributed by atoms with Gasteiger partial charge in [0.05, 0.1) is 12.6 Å². The highest BCUT2D eigenvalue weighted by molar-refractivity contribution is 8.00. The number of aliphatic hydroxyl groups is 1. The molecular weight excluding hydrogens is 457 g/mol. The summed E-state index contributed by atoms with van der Waals surface area (Å²) in [5, 5.41) is 12.8. The van der Waals surface area contributed by atoms with Crippen molar-refractivity contribution in [1.29, 1.82) is 0 Å². The van der Waals surface area contributed by atoms with Crippen molar-refractivity contribution in [1.82, 2.24) is 14.9 Å². The quantitative estimate of drug-likeness (QED) is 0.279. The summed E-state index contributed by atoms with van der Waals surface area (Å²) in [6.45, 7) is 3.13. The predicted octanol–water partition coefficient (Wildman–Crippen LogP) is 5.60. The third-order valence-corrected chi connectivity index (χ3v) is 8.63.